The van der Waals surface area contributed by atoms with Crippen molar-refractivity contribution >= 4 is 94.0 Å². The predicted molar refractivity (Wildman–Crippen MR) is 209 cm³/mol. The summed E-state index contributed by atoms with van der Waals surface area (Å²) in [6.45, 7) is 5.94. The minimum absolute atomic E-state index is 0.0575. The molecule has 3 aliphatic heterocycles. The summed E-state index contributed by atoms with van der Waals surface area (Å²) in [4.78, 5) is 28.7. The number of amides is 2. The lowest BCUT2D eigenvalue weighted by Crippen LogP contribution is -2.41. The Morgan fingerprint density at radius 2 is 1.29 bits per heavy atom. The third kappa shape index (κ3) is 8.03. The Morgan fingerprint density at radius 1 is 0.735 bits per heavy atom. The number of aromatic nitrogens is 2. The molecule has 8 rings (SSSR count). The summed E-state index contributed by atoms with van der Waals surface area (Å²) >= 11 is 15.7. The highest BCUT2D eigenvalue weighted by molar-refractivity contribution is 7.23. The molecule has 2 aromatic heterocycles. The van der Waals surface area contributed by atoms with Gasteiger partial charge in [0, 0.05) is 39.3 Å². The van der Waals surface area contributed by atoms with E-state index < -0.39 is 0 Å². The van der Waals surface area contributed by atoms with Gasteiger partial charge in [0.15, 0.2) is 10.3 Å². The summed E-state index contributed by atoms with van der Waals surface area (Å²) < 4.78 is 2.19. The Bertz CT molecular complexity index is 1880. The first kappa shape index (κ1) is 34.2. The van der Waals surface area contributed by atoms with Crippen LogP contribution < -0.4 is 20.9 Å². The van der Waals surface area contributed by atoms with E-state index in [1.54, 1.807) is 0 Å². The zero-order chi connectivity index (χ0) is 33.7. The van der Waals surface area contributed by atoms with E-state index in [0.29, 0.717) is 26.2 Å². The number of nitrogens with zero attached hydrogens (tertiary/aromatic N) is 5. The molecule has 0 radical (unpaired) electrons. The molecule has 3 fully saturated rings. The van der Waals surface area contributed by atoms with E-state index in [9.17, 15) is 4.79 Å². The number of carbonyl (C=O) groups is 1. The number of hydrogen-bond acceptors (Lipinski definition) is 8. The van der Waals surface area contributed by atoms with E-state index >= 15 is 0 Å². The number of likely N-dealkylation sites (tertiary alicyclic amines) is 1. The summed E-state index contributed by atoms with van der Waals surface area (Å²) in [5.41, 5.74) is 11.2. The number of thiazole rings is 2. The number of piperidine rings is 3. The van der Waals surface area contributed by atoms with Crippen LogP contribution in [0.3, 0.4) is 0 Å². The first-order valence-electron chi connectivity index (χ1n) is 17.5. The molecule has 3 aliphatic rings. The number of benzene rings is 3. The number of urea groups is 1. The summed E-state index contributed by atoms with van der Waals surface area (Å²) in [6.07, 6.45) is 10.7. The SMILES string of the molecule is Nc1nc2c(Cl)ccc(N3CCCCC3)c2s1.O=C(Nc1nc2c(Cl)ccc(N3CCCCC3)c2s1)N1CCC(Cc2ccccc2)CC1. The number of nitrogens with two attached hydrogens (primary N) is 1. The molecular weight excluding hydrogens is 693 g/mol. The summed E-state index contributed by atoms with van der Waals surface area (Å²) in [5, 5.41) is 5.58. The van der Waals surface area contributed by atoms with E-state index in [4.69, 9.17) is 28.9 Å². The number of carbonyl (C=O) groups excluding carboxylic acids is 1. The van der Waals surface area contributed by atoms with Gasteiger partial charge in [0.1, 0.15) is 11.0 Å². The van der Waals surface area contributed by atoms with Crippen LogP contribution in [0.25, 0.3) is 20.4 Å². The maximum atomic E-state index is 12.9. The minimum Gasteiger partial charge on any atom is -0.375 e. The Labute approximate surface area is 306 Å². The smallest absolute Gasteiger partial charge is 0.323 e. The molecule has 3 aromatic carbocycles. The monoisotopic (exact) mass is 735 g/mol. The molecule has 0 unspecified atom stereocenters. The third-order valence-corrected chi connectivity index (χ3v) is 12.4. The van der Waals surface area contributed by atoms with Gasteiger partial charge >= 0.3 is 6.03 Å². The van der Waals surface area contributed by atoms with Gasteiger partial charge < -0.3 is 20.4 Å². The molecule has 0 saturated carbocycles. The molecule has 258 valence electrons. The molecular formula is C37H43Cl2N7OS2. The highest BCUT2D eigenvalue weighted by atomic mass is 35.5. The van der Waals surface area contributed by atoms with Crippen molar-refractivity contribution in [2.75, 3.05) is 60.1 Å². The molecule has 5 heterocycles. The number of nitrogen functional groups attached to an aromatic ring is 1. The lowest BCUT2D eigenvalue weighted by molar-refractivity contribution is 0.182. The molecule has 12 heteroatoms. The van der Waals surface area contributed by atoms with E-state index in [0.717, 1.165) is 79.0 Å². The quantitative estimate of drug-likeness (QED) is 0.187. The summed E-state index contributed by atoms with van der Waals surface area (Å²) in [7, 11) is 0. The second kappa shape index (κ2) is 15.7. The van der Waals surface area contributed by atoms with Crippen molar-refractivity contribution in [2.24, 2.45) is 5.92 Å². The van der Waals surface area contributed by atoms with Crippen molar-refractivity contribution in [1.29, 1.82) is 0 Å². The minimum atomic E-state index is -0.0575. The van der Waals surface area contributed by atoms with Crippen molar-refractivity contribution in [2.45, 2.75) is 57.8 Å². The molecule has 0 aliphatic carbocycles. The normalized spacial score (nSPS) is 17.3. The fraction of sp³-hybridized carbons (Fsp3) is 0.432. The predicted octanol–water partition coefficient (Wildman–Crippen LogP) is 9.95. The van der Waals surface area contributed by atoms with Crippen LogP contribution in [-0.4, -0.2) is 60.2 Å². The largest absolute Gasteiger partial charge is 0.375 e. The van der Waals surface area contributed by atoms with Crippen LogP contribution in [0.5, 0.6) is 0 Å². The number of hydrogen-bond donors (Lipinski definition) is 2. The molecule has 8 nitrogen and oxygen atoms in total. The molecule has 5 aromatic rings. The number of fused-ring (bicyclic) bond motifs is 2. The van der Waals surface area contributed by atoms with Crippen LogP contribution in [0.4, 0.5) is 26.4 Å². The van der Waals surface area contributed by atoms with Gasteiger partial charge in [0.25, 0.3) is 0 Å². The van der Waals surface area contributed by atoms with E-state index in [1.807, 2.05) is 17.0 Å². The van der Waals surface area contributed by atoms with Crippen molar-refractivity contribution in [3.63, 3.8) is 0 Å². The van der Waals surface area contributed by atoms with Crippen molar-refractivity contribution in [3.05, 3.63) is 70.2 Å². The number of halogens is 2. The Morgan fingerprint density at radius 3 is 1.88 bits per heavy atom. The summed E-state index contributed by atoms with van der Waals surface area (Å²) in [6, 6.07) is 18.6. The van der Waals surface area contributed by atoms with Crippen molar-refractivity contribution in [3.8, 4) is 0 Å². The number of rotatable bonds is 5. The molecule has 0 spiro atoms. The van der Waals surface area contributed by atoms with Gasteiger partial charge in [0.05, 0.1) is 30.8 Å². The van der Waals surface area contributed by atoms with Gasteiger partial charge in [0.2, 0.25) is 0 Å². The zero-order valence-electron chi connectivity index (χ0n) is 27.7. The molecule has 3 N–H and O–H groups in total. The van der Waals surface area contributed by atoms with Crippen LogP contribution in [-0.2, 0) is 6.42 Å². The van der Waals surface area contributed by atoms with Gasteiger partial charge in [-0.1, -0.05) is 76.2 Å². The lowest BCUT2D eigenvalue weighted by atomic mass is 9.90. The second-order valence-electron chi connectivity index (χ2n) is 13.2. The fourth-order valence-electron chi connectivity index (χ4n) is 7.22. The van der Waals surface area contributed by atoms with Crippen LogP contribution >= 0.6 is 45.9 Å². The topological polar surface area (TPSA) is 90.6 Å². The van der Waals surface area contributed by atoms with E-state index in [1.165, 1.54) is 78.1 Å². The number of nitrogens with one attached hydrogen (secondary N) is 1. The highest BCUT2D eigenvalue weighted by Gasteiger charge is 2.25. The number of anilines is 4. The Kier molecular flexibility index (Phi) is 10.9. The molecule has 0 atom stereocenters. The molecule has 0 bridgehead atoms. The standard InChI is InChI=1S/C25H29ClN4OS.C12H14ClN3S/c26-20-9-10-21(29-13-5-2-6-14-29)23-22(20)27-24(32-23)28-25(31)30-15-11-19(12-16-30)17-18-7-3-1-4-8-18;13-8-4-5-9(16-6-2-1-3-7-16)11-10(8)15-12(14)17-11/h1,3-4,7-10,19H,2,5-6,11-17H2,(H,27,28,31);4-5H,1-3,6-7H2,(H2,14,15). The van der Waals surface area contributed by atoms with Gasteiger partial charge in [-0.25, -0.2) is 14.8 Å². The second-order valence-corrected chi connectivity index (χ2v) is 16.0. The average molecular weight is 737 g/mol. The van der Waals surface area contributed by atoms with E-state index in [2.05, 4.69) is 67.5 Å². The van der Waals surface area contributed by atoms with Gasteiger partial charge in [-0.15, -0.1) is 0 Å². The first-order chi connectivity index (χ1) is 23.9. The van der Waals surface area contributed by atoms with E-state index in [-0.39, 0.29) is 6.03 Å². The van der Waals surface area contributed by atoms with Crippen molar-refractivity contribution < 1.29 is 4.79 Å². The third-order valence-electron chi connectivity index (χ3n) is 9.84. The van der Waals surface area contributed by atoms with Crippen LogP contribution in [0, 0.1) is 5.92 Å². The maximum absolute atomic E-state index is 12.9. The Balaban J connectivity index is 0.000000186. The first-order valence-corrected chi connectivity index (χ1v) is 19.8. The average Bonchev–Trinajstić information content (AvgIpc) is 3.75. The lowest BCUT2D eigenvalue weighted by Gasteiger charge is -2.31. The molecule has 3 saturated heterocycles. The Hall–Kier alpha value is -3.31. The van der Waals surface area contributed by atoms with Crippen LogP contribution in [0.1, 0.15) is 56.9 Å². The fourth-order valence-corrected chi connectivity index (χ4v) is 9.65. The molecule has 2 amide bonds. The zero-order valence-corrected chi connectivity index (χ0v) is 30.8. The summed E-state index contributed by atoms with van der Waals surface area (Å²) in [5.74, 6) is 0.634. The molecule has 49 heavy (non-hydrogen) atoms. The van der Waals surface area contributed by atoms with Gasteiger partial charge in [-0.05, 0) is 93.5 Å². The van der Waals surface area contributed by atoms with Crippen molar-refractivity contribution in [1.82, 2.24) is 14.9 Å². The van der Waals surface area contributed by atoms with Crippen LogP contribution in [0.2, 0.25) is 10.0 Å². The highest BCUT2D eigenvalue weighted by Crippen LogP contribution is 2.40. The maximum Gasteiger partial charge on any atom is 0.323 e. The van der Waals surface area contributed by atoms with Crippen LogP contribution in [0.15, 0.2) is 54.6 Å². The van der Waals surface area contributed by atoms with Gasteiger partial charge in [-0.2, -0.15) is 0 Å². The van der Waals surface area contributed by atoms with Gasteiger partial charge in [-0.3, -0.25) is 5.32 Å².